The summed E-state index contributed by atoms with van der Waals surface area (Å²) in [6.07, 6.45) is 0. The van der Waals surface area contributed by atoms with Gasteiger partial charge in [0.15, 0.2) is 0 Å². The number of ether oxygens (including phenoxy) is 2. The van der Waals surface area contributed by atoms with Crippen molar-refractivity contribution in [3.8, 4) is 11.5 Å². The standard InChI is InChI=1S/C10H11NO3.C10H10O4.C9H9NO3.2C2H6/c1-2-11-9(12)7-5-3-4-6-8(7)10(13)14;1-7(11)13-9-3-5-10(6-4-9)14-8(2)12;1-10-8(11)6-4-2-3-5-7(6)9(12)13;2*1-2/h3-6H,2H2,1H3,(H,11,12)(H,13,14);3-6H,1-2H3;2-5H,1H3,(H,10,11)(H,12,13);2*1-2H3. The summed E-state index contributed by atoms with van der Waals surface area (Å²) in [5.41, 5.74) is 0.416. The number of hydrogen-bond donors (Lipinski definition) is 4. The van der Waals surface area contributed by atoms with Crippen LogP contribution in [0.5, 0.6) is 11.5 Å². The van der Waals surface area contributed by atoms with Crippen LogP contribution in [0.25, 0.3) is 0 Å². The lowest BCUT2D eigenvalue weighted by atomic mass is 10.1. The molecule has 3 aromatic rings. The van der Waals surface area contributed by atoms with Gasteiger partial charge in [0.2, 0.25) is 0 Å². The number of hydrogen-bond acceptors (Lipinski definition) is 8. The summed E-state index contributed by atoms with van der Waals surface area (Å²) in [6, 6.07) is 18.4. The van der Waals surface area contributed by atoms with E-state index in [1.54, 1.807) is 55.5 Å². The maximum absolute atomic E-state index is 11.4. The zero-order valence-electron chi connectivity index (χ0n) is 26.8. The Labute approximate surface area is 263 Å². The van der Waals surface area contributed by atoms with Crippen LogP contribution in [0.15, 0.2) is 72.8 Å². The molecule has 0 heterocycles. The molecule has 0 unspecified atom stereocenters. The van der Waals surface area contributed by atoms with Gasteiger partial charge in [0, 0.05) is 27.4 Å². The van der Waals surface area contributed by atoms with Crippen molar-refractivity contribution in [1.29, 1.82) is 0 Å². The van der Waals surface area contributed by atoms with E-state index >= 15 is 0 Å². The predicted molar refractivity (Wildman–Crippen MR) is 170 cm³/mol. The summed E-state index contributed by atoms with van der Waals surface area (Å²) in [6.45, 7) is 12.9. The highest BCUT2D eigenvalue weighted by Gasteiger charge is 2.15. The van der Waals surface area contributed by atoms with E-state index in [2.05, 4.69) is 10.6 Å². The number of aromatic carboxylic acids is 2. The number of carbonyl (C=O) groups excluding carboxylic acids is 4. The van der Waals surface area contributed by atoms with Crippen LogP contribution in [0.1, 0.15) is 89.9 Å². The average Bonchev–Trinajstić information content (AvgIpc) is 3.03. The summed E-state index contributed by atoms with van der Waals surface area (Å²) in [5, 5.41) is 22.5. The van der Waals surface area contributed by atoms with Crippen LogP contribution in [-0.4, -0.2) is 59.5 Å². The van der Waals surface area contributed by atoms with Crippen molar-refractivity contribution in [2.45, 2.75) is 48.5 Å². The van der Waals surface area contributed by atoms with E-state index in [4.69, 9.17) is 19.7 Å². The fraction of sp³-hybridized carbons (Fsp3) is 0.273. The largest absolute Gasteiger partial charge is 0.478 e. The first kappa shape index (κ1) is 41.6. The molecule has 3 rings (SSSR count). The van der Waals surface area contributed by atoms with Crippen molar-refractivity contribution in [2.75, 3.05) is 13.6 Å². The van der Waals surface area contributed by atoms with Gasteiger partial charge in [-0.15, -0.1) is 0 Å². The Balaban J connectivity index is 0. The lowest BCUT2D eigenvalue weighted by Crippen LogP contribution is -2.24. The molecule has 3 aromatic carbocycles. The highest BCUT2D eigenvalue weighted by atomic mass is 16.5. The highest BCUT2D eigenvalue weighted by Crippen LogP contribution is 2.17. The topological polar surface area (TPSA) is 185 Å². The van der Waals surface area contributed by atoms with E-state index in [1.807, 2.05) is 27.7 Å². The predicted octanol–water partition coefficient (Wildman–Crippen LogP) is 5.47. The number of rotatable bonds is 7. The summed E-state index contributed by atoms with van der Waals surface area (Å²) in [4.78, 5) is 65.1. The van der Waals surface area contributed by atoms with Crippen molar-refractivity contribution in [3.05, 3.63) is 95.1 Å². The fourth-order valence-electron chi connectivity index (χ4n) is 3.03. The first-order valence-corrected chi connectivity index (χ1v) is 14.0. The molecule has 0 aliphatic carbocycles. The highest BCUT2D eigenvalue weighted by molar-refractivity contribution is 6.05. The Kier molecular flexibility index (Phi) is 22.2. The lowest BCUT2D eigenvalue weighted by molar-refractivity contribution is -0.133. The second-order valence-electron chi connectivity index (χ2n) is 7.80. The van der Waals surface area contributed by atoms with Gasteiger partial charge < -0.3 is 30.3 Å². The van der Waals surface area contributed by atoms with Gasteiger partial charge in [0.25, 0.3) is 11.8 Å². The minimum atomic E-state index is -1.10. The van der Waals surface area contributed by atoms with Crippen LogP contribution in [0.3, 0.4) is 0 Å². The minimum absolute atomic E-state index is 0.0156. The maximum atomic E-state index is 11.4. The molecule has 0 bridgehead atoms. The SMILES string of the molecule is CC.CC.CC(=O)Oc1ccc(OC(C)=O)cc1.CCNC(=O)c1ccccc1C(=O)O.CNC(=O)c1ccccc1C(=O)O. The molecule has 4 N–H and O–H groups in total. The molecular weight excluding hydrogens is 584 g/mol. The molecule has 12 heteroatoms. The van der Waals surface area contributed by atoms with Gasteiger partial charge in [0.05, 0.1) is 22.3 Å². The summed E-state index contributed by atoms with van der Waals surface area (Å²) >= 11 is 0. The number of benzene rings is 3. The van der Waals surface area contributed by atoms with Gasteiger partial charge in [-0.25, -0.2) is 9.59 Å². The van der Waals surface area contributed by atoms with E-state index in [0.717, 1.165) is 0 Å². The molecule has 0 radical (unpaired) electrons. The molecule has 0 aliphatic rings. The van der Waals surface area contributed by atoms with E-state index < -0.39 is 17.8 Å². The van der Waals surface area contributed by atoms with Crippen LogP contribution in [0.2, 0.25) is 0 Å². The van der Waals surface area contributed by atoms with Crippen LogP contribution < -0.4 is 20.1 Å². The zero-order chi connectivity index (χ0) is 34.9. The van der Waals surface area contributed by atoms with E-state index in [-0.39, 0.29) is 40.1 Å². The number of nitrogens with one attached hydrogen (secondary N) is 2. The lowest BCUT2D eigenvalue weighted by Gasteiger charge is -2.04. The second-order valence-corrected chi connectivity index (χ2v) is 7.80. The Hall–Kier alpha value is -5.52. The Morgan fingerprint density at radius 2 is 0.889 bits per heavy atom. The van der Waals surface area contributed by atoms with E-state index in [9.17, 15) is 28.8 Å². The minimum Gasteiger partial charge on any atom is -0.478 e. The molecule has 2 amide bonds. The molecule has 12 nitrogen and oxygen atoms in total. The average molecular weight is 627 g/mol. The van der Waals surface area contributed by atoms with E-state index in [0.29, 0.717) is 18.0 Å². The number of amides is 2. The van der Waals surface area contributed by atoms with Crippen molar-refractivity contribution in [1.82, 2.24) is 10.6 Å². The van der Waals surface area contributed by atoms with Crippen molar-refractivity contribution >= 4 is 35.7 Å². The molecule has 0 fully saturated rings. The Morgan fingerprint density at radius 3 is 1.16 bits per heavy atom. The Bertz CT molecular complexity index is 1350. The number of carboxylic acid groups (broad SMARTS) is 2. The molecule has 0 aliphatic heterocycles. The summed E-state index contributed by atoms with van der Waals surface area (Å²) in [7, 11) is 1.46. The van der Waals surface area contributed by atoms with Gasteiger partial charge in [-0.3, -0.25) is 19.2 Å². The van der Waals surface area contributed by atoms with E-state index in [1.165, 1.54) is 45.2 Å². The van der Waals surface area contributed by atoms with Crippen LogP contribution in [-0.2, 0) is 9.59 Å². The smallest absolute Gasteiger partial charge is 0.336 e. The molecule has 244 valence electrons. The van der Waals surface area contributed by atoms with Crippen LogP contribution in [0, 0.1) is 0 Å². The van der Waals surface area contributed by atoms with Gasteiger partial charge in [-0.05, 0) is 55.5 Å². The van der Waals surface area contributed by atoms with Crippen LogP contribution in [0.4, 0.5) is 0 Å². The summed E-state index contributed by atoms with van der Waals surface area (Å²) < 4.78 is 9.59. The number of carbonyl (C=O) groups is 6. The summed E-state index contributed by atoms with van der Waals surface area (Å²) in [5.74, 6) is -2.85. The molecule has 45 heavy (non-hydrogen) atoms. The Morgan fingerprint density at radius 1 is 0.578 bits per heavy atom. The van der Waals surface area contributed by atoms with Crippen molar-refractivity contribution in [3.63, 3.8) is 0 Å². The molecule has 0 spiro atoms. The maximum Gasteiger partial charge on any atom is 0.336 e. The van der Waals surface area contributed by atoms with Crippen molar-refractivity contribution in [2.24, 2.45) is 0 Å². The zero-order valence-corrected chi connectivity index (χ0v) is 26.8. The van der Waals surface area contributed by atoms with Gasteiger partial charge in [0.1, 0.15) is 11.5 Å². The monoisotopic (exact) mass is 626 g/mol. The first-order valence-electron chi connectivity index (χ1n) is 14.0. The molecular formula is C33H42N2O10. The molecule has 0 atom stereocenters. The first-order chi connectivity index (χ1) is 21.4. The third-order valence-corrected chi connectivity index (χ3v) is 4.72. The third-order valence-electron chi connectivity index (χ3n) is 4.72. The van der Waals surface area contributed by atoms with Gasteiger partial charge in [-0.2, -0.15) is 0 Å². The van der Waals surface area contributed by atoms with Crippen molar-refractivity contribution < 1.29 is 48.5 Å². The normalized spacial score (nSPS) is 8.80. The molecule has 0 saturated heterocycles. The number of carboxylic acids is 2. The second kappa shape index (κ2) is 24.0. The fourth-order valence-corrected chi connectivity index (χ4v) is 3.03. The molecule has 0 saturated carbocycles. The van der Waals surface area contributed by atoms with Crippen LogP contribution >= 0.6 is 0 Å². The third kappa shape index (κ3) is 16.6. The van der Waals surface area contributed by atoms with Gasteiger partial charge in [-0.1, -0.05) is 52.0 Å². The quantitative estimate of drug-likeness (QED) is 0.194. The van der Waals surface area contributed by atoms with Gasteiger partial charge >= 0.3 is 23.9 Å². The number of esters is 2. The molecule has 0 aromatic heterocycles.